The van der Waals surface area contributed by atoms with Crippen molar-refractivity contribution in [2.24, 2.45) is 0 Å². The first kappa shape index (κ1) is 11.1. The van der Waals surface area contributed by atoms with Crippen molar-refractivity contribution in [2.75, 3.05) is 0 Å². The van der Waals surface area contributed by atoms with Crippen LogP contribution in [0.3, 0.4) is 0 Å². The van der Waals surface area contributed by atoms with Crippen LogP contribution in [0.4, 0.5) is 0 Å². The minimum atomic E-state index is -0.415. The van der Waals surface area contributed by atoms with Crippen LogP contribution in [-0.4, -0.2) is 12.4 Å². The number of esters is 1. The smallest absolute Gasteiger partial charge is 0.313 e. The van der Waals surface area contributed by atoms with Gasteiger partial charge in [0.2, 0.25) is 0 Å². The van der Waals surface area contributed by atoms with Gasteiger partial charge in [-0.25, -0.2) is 0 Å². The second-order valence-electron chi connectivity index (χ2n) is 2.75. The van der Waals surface area contributed by atoms with Gasteiger partial charge in [0.05, 0.1) is 0 Å². The van der Waals surface area contributed by atoms with Crippen molar-refractivity contribution in [1.29, 1.82) is 0 Å². The maximum Gasteiger partial charge on any atom is 0.313 e. The summed E-state index contributed by atoms with van der Waals surface area (Å²) < 4.78 is 4.13. The van der Waals surface area contributed by atoms with Crippen LogP contribution >= 0.6 is 0 Å². The van der Waals surface area contributed by atoms with Crippen LogP contribution in [0.5, 0.6) is 0 Å². The van der Waals surface area contributed by atoms with Crippen LogP contribution in [0.25, 0.3) is 0 Å². The average molecular weight is 172 g/mol. The second-order valence-corrected chi connectivity index (χ2v) is 2.75. The molecule has 0 aliphatic carbocycles. The van der Waals surface area contributed by atoms with Gasteiger partial charge in [-0.15, -0.1) is 0 Å². The third-order valence-electron chi connectivity index (χ3n) is 1.66. The lowest BCUT2D eigenvalue weighted by molar-refractivity contribution is -0.151. The highest BCUT2D eigenvalue weighted by Gasteiger charge is 2.00. The number of hydrogen-bond donors (Lipinski definition) is 0. The maximum atomic E-state index is 10.6. The Morgan fingerprint density at radius 2 is 1.92 bits per heavy atom. The van der Waals surface area contributed by atoms with Crippen LogP contribution in [-0.2, 0) is 14.3 Å². The Morgan fingerprint density at radius 3 is 2.50 bits per heavy atom. The Hall–Kier alpha value is -0.860. The van der Waals surface area contributed by atoms with Gasteiger partial charge in [-0.1, -0.05) is 32.6 Å². The van der Waals surface area contributed by atoms with Gasteiger partial charge in [-0.3, -0.25) is 9.59 Å². The quantitative estimate of drug-likeness (QED) is 0.255. The minimum absolute atomic E-state index is 0.189. The molecule has 0 saturated heterocycles. The Kier molecular flexibility index (Phi) is 7.65. The molecule has 0 rings (SSSR count). The Morgan fingerprint density at radius 1 is 1.25 bits per heavy atom. The average Bonchev–Trinajstić information content (AvgIpc) is 2.05. The largest absolute Gasteiger partial charge is 0.395 e. The number of ether oxygens (including phenoxy) is 1. The van der Waals surface area contributed by atoms with E-state index < -0.39 is 5.97 Å². The fraction of sp³-hybridized carbons (Fsp3) is 0.778. The fourth-order valence-corrected chi connectivity index (χ4v) is 0.985. The molecule has 0 radical (unpaired) electrons. The van der Waals surface area contributed by atoms with E-state index in [1.54, 1.807) is 0 Å². The summed E-state index contributed by atoms with van der Waals surface area (Å²) in [4.78, 5) is 20.3. The summed E-state index contributed by atoms with van der Waals surface area (Å²) >= 11 is 0. The molecule has 12 heavy (non-hydrogen) atoms. The van der Waals surface area contributed by atoms with Crippen molar-refractivity contribution < 1.29 is 14.3 Å². The van der Waals surface area contributed by atoms with Crippen molar-refractivity contribution in [3.8, 4) is 0 Å². The molecule has 0 heterocycles. The monoisotopic (exact) mass is 172 g/mol. The van der Waals surface area contributed by atoms with Crippen molar-refractivity contribution in [2.45, 2.75) is 45.4 Å². The van der Waals surface area contributed by atoms with E-state index in [1.807, 2.05) is 0 Å². The summed E-state index contributed by atoms with van der Waals surface area (Å²) in [5.74, 6) is -0.415. The van der Waals surface area contributed by atoms with Crippen LogP contribution in [0, 0.1) is 0 Å². The minimum Gasteiger partial charge on any atom is -0.395 e. The third kappa shape index (κ3) is 7.25. The van der Waals surface area contributed by atoms with E-state index >= 15 is 0 Å². The Bertz CT molecular complexity index is 132. The van der Waals surface area contributed by atoms with E-state index in [1.165, 1.54) is 12.8 Å². The van der Waals surface area contributed by atoms with E-state index in [4.69, 9.17) is 0 Å². The molecule has 0 aliphatic heterocycles. The van der Waals surface area contributed by atoms with Crippen molar-refractivity contribution in [3.05, 3.63) is 0 Å². The van der Waals surface area contributed by atoms with Crippen LogP contribution in [0.1, 0.15) is 45.4 Å². The highest BCUT2D eigenvalue weighted by Crippen LogP contribution is 2.05. The molecule has 0 fully saturated rings. The third-order valence-corrected chi connectivity index (χ3v) is 1.66. The first-order valence-corrected chi connectivity index (χ1v) is 4.44. The SMILES string of the molecule is CCCCCCCC(=O)OC=O. The van der Waals surface area contributed by atoms with E-state index in [2.05, 4.69) is 11.7 Å². The number of carbonyl (C=O) groups excluding carboxylic acids is 2. The molecule has 3 nitrogen and oxygen atoms in total. The summed E-state index contributed by atoms with van der Waals surface area (Å²) in [6.07, 6.45) is 5.79. The molecule has 0 amide bonds. The fourth-order valence-electron chi connectivity index (χ4n) is 0.985. The molecule has 0 aliphatic rings. The summed E-state index contributed by atoms with van der Waals surface area (Å²) in [7, 11) is 0. The molecule has 0 aromatic rings. The Balaban J connectivity index is 3.08. The molecule has 3 heteroatoms. The molecule has 70 valence electrons. The lowest BCUT2D eigenvalue weighted by Gasteiger charge is -1.97. The summed E-state index contributed by atoms with van der Waals surface area (Å²) in [6, 6.07) is 0. The van der Waals surface area contributed by atoms with Crippen molar-refractivity contribution in [1.82, 2.24) is 0 Å². The second kappa shape index (κ2) is 8.24. The van der Waals surface area contributed by atoms with Gasteiger partial charge < -0.3 is 4.74 Å². The van der Waals surface area contributed by atoms with Crippen LogP contribution in [0.15, 0.2) is 0 Å². The summed E-state index contributed by atoms with van der Waals surface area (Å²) in [5.41, 5.74) is 0. The highest BCUT2D eigenvalue weighted by molar-refractivity contribution is 5.76. The molecule has 0 N–H and O–H groups in total. The van der Waals surface area contributed by atoms with E-state index in [0.29, 0.717) is 6.42 Å². The van der Waals surface area contributed by atoms with Gasteiger partial charge in [-0.05, 0) is 6.42 Å². The Labute approximate surface area is 73.1 Å². The predicted molar refractivity (Wildman–Crippen MR) is 45.5 cm³/mol. The van der Waals surface area contributed by atoms with Crippen LogP contribution in [0.2, 0.25) is 0 Å². The molecule has 0 bridgehead atoms. The van der Waals surface area contributed by atoms with Crippen molar-refractivity contribution >= 4 is 12.4 Å². The maximum absolute atomic E-state index is 10.6. The topological polar surface area (TPSA) is 43.4 Å². The van der Waals surface area contributed by atoms with Gasteiger partial charge in [0.25, 0.3) is 0 Å². The summed E-state index contributed by atoms with van der Waals surface area (Å²) in [5, 5.41) is 0. The van der Waals surface area contributed by atoms with Gasteiger partial charge in [0.15, 0.2) is 0 Å². The number of unbranched alkanes of at least 4 members (excludes halogenated alkanes) is 4. The molecular formula is C9H16O3. The standard InChI is InChI=1S/C9H16O3/c1-2-3-4-5-6-7-9(11)12-8-10/h8H,2-7H2,1H3. The first-order chi connectivity index (χ1) is 5.81. The zero-order chi connectivity index (χ0) is 9.23. The zero-order valence-electron chi connectivity index (χ0n) is 7.54. The van der Waals surface area contributed by atoms with Gasteiger partial charge in [0.1, 0.15) is 0 Å². The van der Waals surface area contributed by atoms with E-state index in [-0.39, 0.29) is 6.47 Å². The number of carbonyl (C=O) groups is 2. The molecule has 0 unspecified atom stereocenters. The van der Waals surface area contributed by atoms with Gasteiger partial charge >= 0.3 is 12.4 Å². The molecule has 0 spiro atoms. The molecule has 0 atom stereocenters. The van der Waals surface area contributed by atoms with Gasteiger partial charge in [-0.2, -0.15) is 0 Å². The summed E-state index contributed by atoms with van der Waals surface area (Å²) in [6.45, 7) is 2.33. The molecule has 0 aromatic heterocycles. The number of rotatable bonds is 7. The molecule has 0 aromatic carbocycles. The molecular weight excluding hydrogens is 156 g/mol. The lowest BCUT2D eigenvalue weighted by Crippen LogP contribution is -2.01. The lowest BCUT2D eigenvalue weighted by atomic mass is 10.1. The van der Waals surface area contributed by atoms with E-state index in [0.717, 1.165) is 19.3 Å². The number of hydrogen-bond acceptors (Lipinski definition) is 3. The van der Waals surface area contributed by atoms with Crippen molar-refractivity contribution in [3.63, 3.8) is 0 Å². The highest BCUT2D eigenvalue weighted by atomic mass is 16.6. The van der Waals surface area contributed by atoms with E-state index in [9.17, 15) is 9.59 Å². The molecule has 0 saturated carbocycles. The normalized spacial score (nSPS) is 9.42. The van der Waals surface area contributed by atoms with Gasteiger partial charge in [0, 0.05) is 6.42 Å². The predicted octanol–water partition coefficient (Wildman–Crippen LogP) is 2.05. The first-order valence-electron chi connectivity index (χ1n) is 4.44. The zero-order valence-corrected chi connectivity index (χ0v) is 7.54. The van der Waals surface area contributed by atoms with Crippen LogP contribution < -0.4 is 0 Å².